The third-order valence-electron chi connectivity index (χ3n) is 3.14. The molecule has 1 aliphatic carbocycles. The minimum absolute atomic E-state index is 0.527. The predicted molar refractivity (Wildman–Crippen MR) is 76.0 cm³/mol. The Balaban J connectivity index is 2.03. The second-order valence-corrected chi connectivity index (χ2v) is 5.49. The molecule has 0 saturated heterocycles. The molecule has 1 aromatic heterocycles. The van der Waals surface area contributed by atoms with Crippen molar-refractivity contribution in [3.8, 4) is 11.3 Å². The van der Waals surface area contributed by atoms with Gasteiger partial charge in [-0.1, -0.05) is 30.3 Å². The molecular weight excluding hydrogens is 290 g/mol. The molecule has 0 atom stereocenters. The summed E-state index contributed by atoms with van der Waals surface area (Å²) >= 11 is 3.48. The molecule has 0 bridgehead atoms. The number of aromatic nitrogens is 2. The standard InChI is InChI=1S/C14H14BrN3/c15-12-13(10-4-2-1-3-5-10)17-11(18-14(12)16)8-9-6-7-9/h1-5,9H,6-8H2,(H2,16,17,18). The lowest BCUT2D eigenvalue weighted by Gasteiger charge is -2.08. The molecule has 0 unspecified atom stereocenters. The Hall–Kier alpha value is -1.42. The highest BCUT2D eigenvalue weighted by Gasteiger charge is 2.24. The number of nitrogen functional groups attached to an aromatic ring is 1. The first-order chi connectivity index (χ1) is 8.74. The minimum Gasteiger partial charge on any atom is -0.383 e. The summed E-state index contributed by atoms with van der Waals surface area (Å²) in [5.74, 6) is 2.14. The van der Waals surface area contributed by atoms with Gasteiger partial charge < -0.3 is 5.73 Å². The normalized spacial score (nSPS) is 14.7. The van der Waals surface area contributed by atoms with Crippen molar-refractivity contribution in [3.05, 3.63) is 40.6 Å². The highest BCUT2D eigenvalue weighted by atomic mass is 79.9. The van der Waals surface area contributed by atoms with Crippen molar-refractivity contribution < 1.29 is 0 Å². The van der Waals surface area contributed by atoms with E-state index in [-0.39, 0.29) is 0 Å². The van der Waals surface area contributed by atoms with Crippen LogP contribution in [-0.4, -0.2) is 9.97 Å². The zero-order valence-electron chi connectivity index (χ0n) is 9.94. The molecule has 0 aliphatic heterocycles. The molecular formula is C14H14BrN3. The number of hydrogen-bond donors (Lipinski definition) is 1. The van der Waals surface area contributed by atoms with E-state index in [9.17, 15) is 0 Å². The largest absolute Gasteiger partial charge is 0.383 e. The molecule has 1 aliphatic rings. The summed E-state index contributed by atoms with van der Waals surface area (Å²) in [5.41, 5.74) is 7.91. The van der Waals surface area contributed by atoms with Crippen LogP contribution in [0.3, 0.4) is 0 Å². The van der Waals surface area contributed by atoms with E-state index in [1.807, 2.05) is 30.3 Å². The monoisotopic (exact) mass is 303 g/mol. The van der Waals surface area contributed by atoms with Crippen molar-refractivity contribution >= 4 is 21.7 Å². The molecule has 3 nitrogen and oxygen atoms in total. The topological polar surface area (TPSA) is 51.8 Å². The number of hydrogen-bond acceptors (Lipinski definition) is 3. The van der Waals surface area contributed by atoms with E-state index in [4.69, 9.17) is 5.73 Å². The first kappa shape index (κ1) is 11.7. The smallest absolute Gasteiger partial charge is 0.142 e. The summed E-state index contributed by atoms with van der Waals surface area (Å²) in [6.07, 6.45) is 3.53. The molecule has 4 heteroatoms. The maximum absolute atomic E-state index is 5.96. The zero-order chi connectivity index (χ0) is 12.5. The van der Waals surface area contributed by atoms with Gasteiger partial charge in [0.2, 0.25) is 0 Å². The quantitative estimate of drug-likeness (QED) is 0.945. The Morgan fingerprint density at radius 2 is 1.89 bits per heavy atom. The molecule has 18 heavy (non-hydrogen) atoms. The maximum atomic E-state index is 5.96. The fourth-order valence-corrected chi connectivity index (χ4v) is 2.38. The van der Waals surface area contributed by atoms with Crippen LogP contribution in [-0.2, 0) is 6.42 Å². The van der Waals surface area contributed by atoms with E-state index in [0.29, 0.717) is 5.82 Å². The molecule has 2 aromatic rings. The van der Waals surface area contributed by atoms with E-state index in [2.05, 4.69) is 25.9 Å². The lowest BCUT2D eigenvalue weighted by Crippen LogP contribution is -2.04. The van der Waals surface area contributed by atoms with E-state index >= 15 is 0 Å². The van der Waals surface area contributed by atoms with Crippen LogP contribution < -0.4 is 5.73 Å². The predicted octanol–water partition coefficient (Wildman–Crippen LogP) is 3.44. The van der Waals surface area contributed by atoms with Gasteiger partial charge >= 0.3 is 0 Å². The average molecular weight is 304 g/mol. The van der Waals surface area contributed by atoms with Gasteiger partial charge in [0.05, 0.1) is 10.2 Å². The van der Waals surface area contributed by atoms with Crippen molar-refractivity contribution in [1.29, 1.82) is 0 Å². The summed E-state index contributed by atoms with van der Waals surface area (Å²) in [7, 11) is 0. The number of rotatable bonds is 3. The first-order valence-electron chi connectivity index (χ1n) is 6.11. The molecule has 1 saturated carbocycles. The number of anilines is 1. The van der Waals surface area contributed by atoms with Gasteiger partial charge in [-0.05, 0) is 34.7 Å². The third-order valence-corrected chi connectivity index (χ3v) is 3.92. The van der Waals surface area contributed by atoms with Crippen LogP contribution in [0.4, 0.5) is 5.82 Å². The van der Waals surface area contributed by atoms with Crippen molar-refractivity contribution in [1.82, 2.24) is 9.97 Å². The van der Waals surface area contributed by atoms with Crippen LogP contribution in [0.15, 0.2) is 34.8 Å². The molecule has 3 rings (SSSR count). The molecule has 92 valence electrons. The molecule has 1 heterocycles. The molecule has 0 amide bonds. The molecule has 1 aromatic carbocycles. The van der Waals surface area contributed by atoms with Crippen LogP contribution in [0.25, 0.3) is 11.3 Å². The number of benzene rings is 1. The van der Waals surface area contributed by atoms with Crippen LogP contribution >= 0.6 is 15.9 Å². The maximum Gasteiger partial charge on any atom is 0.142 e. The van der Waals surface area contributed by atoms with Gasteiger partial charge in [0, 0.05) is 12.0 Å². The van der Waals surface area contributed by atoms with Crippen LogP contribution in [0.5, 0.6) is 0 Å². The van der Waals surface area contributed by atoms with E-state index < -0.39 is 0 Å². The Morgan fingerprint density at radius 1 is 1.17 bits per heavy atom. The Morgan fingerprint density at radius 3 is 2.56 bits per heavy atom. The van der Waals surface area contributed by atoms with Gasteiger partial charge in [-0.2, -0.15) is 0 Å². The SMILES string of the molecule is Nc1nc(CC2CC2)nc(-c2ccccc2)c1Br. The lowest BCUT2D eigenvalue weighted by molar-refractivity contribution is 0.772. The van der Waals surface area contributed by atoms with Gasteiger partial charge in [0.1, 0.15) is 11.6 Å². The second kappa shape index (κ2) is 4.69. The van der Waals surface area contributed by atoms with E-state index in [1.54, 1.807) is 0 Å². The van der Waals surface area contributed by atoms with Gasteiger partial charge in [-0.25, -0.2) is 9.97 Å². The van der Waals surface area contributed by atoms with Gasteiger partial charge in [0.25, 0.3) is 0 Å². The molecule has 1 fully saturated rings. The Kier molecular flexibility index (Phi) is 3.04. The fraction of sp³-hybridized carbons (Fsp3) is 0.286. The zero-order valence-corrected chi connectivity index (χ0v) is 11.5. The van der Waals surface area contributed by atoms with E-state index in [1.165, 1.54) is 12.8 Å². The molecule has 0 spiro atoms. The first-order valence-corrected chi connectivity index (χ1v) is 6.90. The summed E-state index contributed by atoms with van der Waals surface area (Å²) in [6, 6.07) is 10.1. The third kappa shape index (κ3) is 2.38. The van der Waals surface area contributed by atoms with Crippen LogP contribution in [0.2, 0.25) is 0 Å². The highest BCUT2D eigenvalue weighted by molar-refractivity contribution is 9.10. The summed E-state index contributed by atoms with van der Waals surface area (Å²) in [5, 5.41) is 0. The number of nitrogens with zero attached hydrogens (tertiary/aromatic N) is 2. The van der Waals surface area contributed by atoms with E-state index in [0.717, 1.165) is 33.9 Å². The highest BCUT2D eigenvalue weighted by Crippen LogP contribution is 2.34. The average Bonchev–Trinajstić information content (AvgIpc) is 3.18. The van der Waals surface area contributed by atoms with Crippen molar-refractivity contribution in [2.75, 3.05) is 5.73 Å². The summed E-state index contributed by atoms with van der Waals surface area (Å²) < 4.78 is 0.785. The van der Waals surface area contributed by atoms with Crippen LogP contribution in [0.1, 0.15) is 18.7 Å². The van der Waals surface area contributed by atoms with Gasteiger partial charge in [-0.15, -0.1) is 0 Å². The Bertz CT molecular complexity index is 565. The second-order valence-electron chi connectivity index (χ2n) is 4.70. The van der Waals surface area contributed by atoms with Gasteiger partial charge in [0.15, 0.2) is 0 Å². The fourth-order valence-electron chi connectivity index (χ4n) is 1.97. The summed E-state index contributed by atoms with van der Waals surface area (Å²) in [4.78, 5) is 9.00. The van der Waals surface area contributed by atoms with Crippen LogP contribution in [0, 0.1) is 5.92 Å². The lowest BCUT2D eigenvalue weighted by atomic mass is 10.1. The van der Waals surface area contributed by atoms with Gasteiger partial charge in [-0.3, -0.25) is 0 Å². The summed E-state index contributed by atoms with van der Waals surface area (Å²) in [6.45, 7) is 0. The van der Waals surface area contributed by atoms with Crippen molar-refractivity contribution in [2.24, 2.45) is 5.92 Å². The van der Waals surface area contributed by atoms with Crippen molar-refractivity contribution in [3.63, 3.8) is 0 Å². The Labute approximate surface area is 115 Å². The molecule has 2 N–H and O–H groups in total. The minimum atomic E-state index is 0.527. The molecule has 0 radical (unpaired) electrons. The van der Waals surface area contributed by atoms with Crippen molar-refractivity contribution in [2.45, 2.75) is 19.3 Å². The number of halogens is 1. The number of nitrogens with two attached hydrogens (primary N) is 1.